The Labute approximate surface area is 123 Å². The summed E-state index contributed by atoms with van der Waals surface area (Å²) in [5.74, 6) is -0.358. The van der Waals surface area contributed by atoms with Crippen LogP contribution in [0.2, 0.25) is 0 Å². The van der Waals surface area contributed by atoms with E-state index >= 15 is 0 Å². The second-order valence-electron chi connectivity index (χ2n) is 5.66. The van der Waals surface area contributed by atoms with Crippen molar-refractivity contribution in [3.63, 3.8) is 0 Å². The molecule has 1 fully saturated rings. The number of carboxylic acid groups (broad SMARTS) is 1. The van der Waals surface area contributed by atoms with Crippen LogP contribution in [0.1, 0.15) is 43.1 Å². The van der Waals surface area contributed by atoms with Crippen molar-refractivity contribution < 1.29 is 14.4 Å². The van der Waals surface area contributed by atoms with E-state index in [1.54, 1.807) is 0 Å². The van der Waals surface area contributed by atoms with Crippen molar-refractivity contribution in [1.29, 1.82) is 0 Å². The quantitative estimate of drug-likeness (QED) is 0.935. The van der Waals surface area contributed by atoms with Gasteiger partial charge in [-0.25, -0.2) is 0 Å². The lowest BCUT2D eigenvalue weighted by Crippen LogP contribution is -2.25. The van der Waals surface area contributed by atoms with Crippen LogP contribution < -0.4 is 0 Å². The van der Waals surface area contributed by atoms with Gasteiger partial charge in [0, 0.05) is 5.56 Å². The van der Waals surface area contributed by atoms with E-state index in [-0.39, 0.29) is 5.92 Å². The van der Waals surface area contributed by atoms with Gasteiger partial charge in [-0.05, 0) is 25.8 Å². The Hall–Kier alpha value is -2.17. The summed E-state index contributed by atoms with van der Waals surface area (Å²) < 4.78 is 5.35. The molecule has 110 valence electrons. The van der Waals surface area contributed by atoms with Crippen LogP contribution in [-0.2, 0) is 4.79 Å². The number of aryl methyl sites for hydroxylation is 1. The van der Waals surface area contributed by atoms with Gasteiger partial charge in [0.15, 0.2) is 0 Å². The molecule has 5 nitrogen and oxygen atoms in total. The number of nitrogens with zero attached hydrogens (tertiary/aromatic N) is 2. The normalized spacial score (nSPS) is 22.1. The molecule has 2 unspecified atom stereocenters. The molecule has 1 heterocycles. The number of rotatable bonds is 3. The molecule has 21 heavy (non-hydrogen) atoms. The highest BCUT2D eigenvalue weighted by Gasteiger charge is 2.35. The molecule has 3 rings (SSSR count). The SMILES string of the molecule is Cc1cccc(-c2noc(C3CCCCC3C(=O)O)n2)c1. The van der Waals surface area contributed by atoms with Crippen molar-refractivity contribution in [3.8, 4) is 11.4 Å². The Kier molecular flexibility index (Phi) is 3.73. The maximum atomic E-state index is 11.4. The van der Waals surface area contributed by atoms with Crippen LogP contribution in [0.15, 0.2) is 28.8 Å². The number of hydrogen-bond donors (Lipinski definition) is 1. The number of hydrogen-bond acceptors (Lipinski definition) is 4. The smallest absolute Gasteiger partial charge is 0.307 e. The van der Waals surface area contributed by atoms with Crippen molar-refractivity contribution in [1.82, 2.24) is 10.1 Å². The lowest BCUT2D eigenvalue weighted by Gasteiger charge is -2.25. The van der Waals surface area contributed by atoms with Gasteiger partial charge in [-0.1, -0.05) is 41.8 Å². The molecule has 2 atom stereocenters. The van der Waals surface area contributed by atoms with Crippen LogP contribution in [0, 0.1) is 12.8 Å². The van der Waals surface area contributed by atoms with Crippen molar-refractivity contribution >= 4 is 5.97 Å². The average molecular weight is 286 g/mol. The van der Waals surface area contributed by atoms with Gasteiger partial charge >= 0.3 is 5.97 Å². The predicted octanol–water partition coefficient (Wildman–Crippen LogP) is 3.40. The molecule has 0 aliphatic heterocycles. The molecule has 1 saturated carbocycles. The molecular weight excluding hydrogens is 268 g/mol. The van der Waals surface area contributed by atoms with Gasteiger partial charge in [-0.3, -0.25) is 4.79 Å². The monoisotopic (exact) mass is 286 g/mol. The van der Waals surface area contributed by atoms with E-state index in [0.29, 0.717) is 18.1 Å². The fourth-order valence-electron chi connectivity index (χ4n) is 3.01. The molecule has 0 amide bonds. The highest BCUT2D eigenvalue weighted by molar-refractivity contribution is 5.71. The summed E-state index contributed by atoms with van der Waals surface area (Å²) in [7, 11) is 0. The second kappa shape index (κ2) is 5.68. The van der Waals surface area contributed by atoms with Gasteiger partial charge in [-0.2, -0.15) is 4.98 Å². The van der Waals surface area contributed by atoms with E-state index in [1.165, 1.54) is 0 Å². The van der Waals surface area contributed by atoms with Crippen LogP contribution in [0.25, 0.3) is 11.4 Å². The van der Waals surface area contributed by atoms with Crippen LogP contribution in [0.4, 0.5) is 0 Å². The van der Waals surface area contributed by atoms with Gasteiger partial charge in [0.05, 0.1) is 11.8 Å². The van der Waals surface area contributed by atoms with E-state index in [2.05, 4.69) is 10.1 Å². The number of carboxylic acids is 1. The molecule has 0 radical (unpaired) electrons. The summed E-state index contributed by atoms with van der Waals surface area (Å²) in [6.45, 7) is 2.01. The number of aromatic nitrogens is 2. The van der Waals surface area contributed by atoms with Gasteiger partial charge < -0.3 is 9.63 Å². The van der Waals surface area contributed by atoms with Crippen LogP contribution in [0.5, 0.6) is 0 Å². The standard InChI is InChI=1S/C16H18N2O3/c1-10-5-4-6-11(9-10)14-17-15(21-18-14)12-7-2-3-8-13(12)16(19)20/h4-6,9,12-13H,2-3,7-8H2,1H3,(H,19,20). The fraction of sp³-hybridized carbons (Fsp3) is 0.438. The minimum Gasteiger partial charge on any atom is -0.481 e. The minimum atomic E-state index is -0.769. The lowest BCUT2D eigenvalue weighted by molar-refractivity contribution is -0.143. The summed E-state index contributed by atoms with van der Waals surface area (Å²) in [6, 6.07) is 7.87. The fourth-order valence-corrected chi connectivity index (χ4v) is 3.01. The average Bonchev–Trinajstić information content (AvgIpc) is 2.97. The number of carbonyl (C=O) groups is 1. The zero-order valence-electron chi connectivity index (χ0n) is 12.0. The maximum absolute atomic E-state index is 11.4. The Morgan fingerprint density at radius 1 is 1.33 bits per heavy atom. The van der Waals surface area contributed by atoms with Crippen LogP contribution in [-0.4, -0.2) is 21.2 Å². The molecule has 2 aromatic rings. The van der Waals surface area contributed by atoms with E-state index in [0.717, 1.165) is 30.4 Å². The lowest BCUT2D eigenvalue weighted by atomic mass is 9.79. The highest BCUT2D eigenvalue weighted by Crippen LogP contribution is 2.37. The highest BCUT2D eigenvalue weighted by atomic mass is 16.5. The third kappa shape index (κ3) is 2.82. The first-order chi connectivity index (χ1) is 10.1. The Morgan fingerprint density at radius 3 is 2.90 bits per heavy atom. The first kappa shape index (κ1) is 13.8. The summed E-state index contributed by atoms with van der Waals surface area (Å²) in [5.41, 5.74) is 2.02. The minimum absolute atomic E-state index is 0.165. The third-order valence-electron chi connectivity index (χ3n) is 4.12. The molecule has 1 aliphatic carbocycles. The summed E-state index contributed by atoms with van der Waals surface area (Å²) in [4.78, 5) is 15.8. The molecule has 1 N–H and O–H groups in total. The topological polar surface area (TPSA) is 76.2 Å². The van der Waals surface area contributed by atoms with Gasteiger partial charge in [0.2, 0.25) is 11.7 Å². The summed E-state index contributed by atoms with van der Waals surface area (Å²) >= 11 is 0. The molecule has 0 bridgehead atoms. The molecule has 1 aromatic carbocycles. The van der Waals surface area contributed by atoms with Crippen molar-refractivity contribution in [2.45, 2.75) is 38.5 Å². The van der Waals surface area contributed by atoms with Crippen molar-refractivity contribution in [2.75, 3.05) is 0 Å². The van der Waals surface area contributed by atoms with Crippen molar-refractivity contribution in [3.05, 3.63) is 35.7 Å². The Balaban J connectivity index is 1.88. The van der Waals surface area contributed by atoms with Crippen molar-refractivity contribution in [2.24, 2.45) is 5.92 Å². The van der Waals surface area contributed by atoms with Crippen LogP contribution >= 0.6 is 0 Å². The molecule has 0 saturated heterocycles. The molecule has 5 heteroatoms. The van der Waals surface area contributed by atoms with E-state index < -0.39 is 11.9 Å². The third-order valence-corrected chi connectivity index (χ3v) is 4.12. The number of aliphatic carboxylic acids is 1. The first-order valence-electron chi connectivity index (χ1n) is 7.28. The van der Waals surface area contributed by atoms with E-state index in [9.17, 15) is 9.90 Å². The Morgan fingerprint density at radius 2 is 2.14 bits per heavy atom. The summed E-state index contributed by atoms with van der Waals surface area (Å²) in [6.07, 6.45) is 3.44. The Bertz CT molecular complexity index is 650. The largest absolute Gasteiger partial charge is 0.481 e. The summed E-state index contributed by atoms with van der Waals surface area (Å²) in [5, 5.41) is 13.4. The van der Waals surface area contributed by atoms with Gasteiger partial charge in [0.1, 0.15) is 0 Å². The molecular formula is C16H18N2O3. The molecule has 0 spiro atoms. The first-order valence-corrected chi connectivity index (χ1v) is 7.28. The second-order valence-corrected chi connectivity index (χ2v) is 5.66. The van der Waals surface area contributed by atoms with E-state index in [1.807, 2.05) is 31.2 Å². The maximum Gasteiger partial charge on any atom is 0.307 e. The zero-order valence-corrected chi connectivity index (χ0v) is 12.0. The predicted molar refractivity (Wildman–Crippen MR) is 76.8 cm³/mol. The van der Waals surface area contributed by atoms with Crippen LogP contribution in [0.3, 0.4) is 0 Å². The zero-order chi connectivity index (χ0) is 14.8. The van der Waals surface area contributed by atoms with Gasteiger partial charge in [0.25, 0.3) is 0 Å². The van der Waals surface area contributed by atoms with Gasteiger partial charge in [-0.15, -0.1) is 0 Å². The van der Waals surface area contributed by atoms with E-state index in [4.69, 9.17) is 4.52 Å². The molecule has 1 aliphatic rings. The molecule has 1 aromatic heterocycles. The number of benzene rings is 1.